The average Bonchev–Trinajstić information content (AvgIpc) is 2.81. The lowest BCUT2D eigenvalue weighted by Crippen LogP contribution is -2.46. The van der Waals surface area contributed by atoms with E-state index in [0.717, 1.165) is 42.8 Å². The molecule has 0 spiro atoms. The van der Waals surface area contributed by atoms with Gasteiger partial charge in [0.25, 0.3) is 0 Å². The number of pyridine rings is 1. The van der Waals surface area contributed by atoms with E-state index in [2.05, 4.69) is 59.5 Å². The number of ether oxygens (including phenoxy) is 2. The minimum absolute atomic E-state index is 0.223. The van der Waals surface area contributed by atoms with Gasteiger partial charge in [0.2, 0.25) is 5.95 Å². The smallest absolute Gasteiger partial charge is 0.229 e. The summed E-state index contributed by atoms with van der Waals surface area (Å²) in [6.45, 7) is 4.64. The van der Waals surface area contributed by atoms with Crippen molar-refractivity contribution in [3.05, 3.63) is 54.0 Å². The van der Waals surface area contributed by atoms with Crippen LogP contribution in [0, 0.1) is 5.41 Å². The van der Waals surface area contributed by atoms with Crippen LogP contribution in [0.1, 0.15) is 44.4 Å². The molecule has 0 atom stereocenters. The van der Waals surface area contributed by atoms with Gasteiger partial charge in [-0.2, -0.15) is 4.98 Å². The number of benzene rings is 1. The predicted molar refractivity (Wildman–Crippen MR) is 143 cm³/mol. The highest BCUT2D eigenvalue weighted by Crippen LogP contribution is 2.37. The Morgan fingerprint density at radius 1 is 1.00 bits per heavy atom. The van der Waals surface area contributed by atoms with E-state index in [4.69, 9.17) is 14.5 Å². The van der Waals surface area contributed by atoms with E-state index in [0.29, 0.717) is 29.0 Å². The second kappa shape index (κ2) is 9.93. The lowest BCUT2D eigenvalue weighted by atomic mass is 9.76. The molecule has 0 amide bonds. The van der Waals surface area contributed by atoms with Gasteiger partial charge >= 0.3 is 0 Å². The average molecular weight is 489 g/mol. The maximum absolute atomic E-state index is 6.17. The number of nitrogens with one attached hydrogen (secondary N) is 2. The first-order valence-corrected chi connectivity index (χ1v) is 12.6. The van der Waals surface area contributed by atoms with Crippen LogP contribution >= 0.6 is 0 Å². The highest BCUT2D eigenvalue weighted by molar-refractivity contribution is 5.62. The molecule has 1 aromatic carbocycles. The third-order valence-corrected chi connectivity index (χ3v) is 7.21. The van der Waals surface area contributed by atoms with Crippen molar-refractivity contribution >= 4 is 23.1 Å². The first-order valence-electron chi connectivity index (χ1n) is 12.6. The normalized spacial score (nSPS) is 20.3. The number of anilines is 4. The molecule has 36 heavy (non-hydrogen) atoms. The molecule has 2 N–H and O–H groups in total. The Hall–Kier alpha value is -3.39. The van der Waals surface area contributed by atoms with Gasteiger partial charge in [0.1, 0.15) is 11.9 Å². The molecule has 2 aliphatic carbocycles. The Labute approximate surface area is 213 Å². The van der Waals surface area contributed by atoms with Gasteiger partial charge in [-0.15, -0.1) is 0 Å². The van der Waals surface area contributed by atoms with Crippen LogP contribution in [-0.2, 0) is 12.8 Å². The first kappa shape index (κ1) is 24.3. The maximum Gasteiger partial charge on any atom is 0.229 e. The SMILES string of the molecule is COc1cc(Nc2nccc(Nc3cnc4c(c3)CC(C)(C)CC4)n2)ccc1OC1CC(N(C)C)C1. The van der Waals surface area contributed by atoms with E-state index in [1.54, 1.807) is 13.3 Å². The molecule has 3 aromatic rings. The molecular weight excluding hydrogens is 452 g/mol. The zero-order valence-corrected chi connectivity index (χ0v) is 21.8. The molecule has 1 saturated carbocycles. The van der Waals surface area contributed by atoms with Crippen molar-refractivity contribution in [1.29, 1.82) is 0 Å². The van der Waals surface area contributed by atoms with E-state index in [-0.39, 0.29) is 6.10 Å². The Morgan fingerprint density at radius 3 is 2.61 bits per heavy atom. The molecule has 2 aliphatic rings. The van der Waals surface area contributed by atoms with Crippen LogP contribution in [-0.4, -0.2) is 53.2 Å². The molecular formula is C28H36N6O2. The van der Waals surface area contributed by atoms with Crippen LogP contribution in [0.3, 0.4) is 0 Å². The summed E-state index contributed by atoms with van der Waals surface area (Å²) in [6.07, 6.45) is 9.16. The van der Waals surface area contributed by atoms with Crippen LogP contribution in [0.5, 0.6) is 11.5 Å². The largest absolute Gasteiger partial charge is 0.493 e. The number of rotatable bonds is 8. The summed E-state index contributed by atoms with van der Waals surface area (Å²) in [7, 11) is 5.88. The third-order valence-electron chi connectivity index (χ3n) is 7.21. The van der Waals surface area contributed by atoms with Crippen molar-refractivity contribution in [3.63, 3.8) is 0 Å². The van der Waals surface area contributed by atoms with E-state index in [9.17, 15) is 0 Å². The molecule has 0 bridgehead atoms. The zero-order valence-electron chi connectivity index (χ0n) is 21.8. The number of aromatic nitrogens is 3. The summed E-state index contributed by atoms with van der Waals surface area (Å²) >= 11 is 0. The van der Waals surface area contributed by atoms with E-state index in [1.807, 2.05) is 30.5 Å². The lowest BCUT2D eigenvalue weighted by Gasteiger charge is -2.39. The van der Waals surface area contributed by atoms with E-state index < -0.39 is 0 Å². The van der Waals surface area contributed by atoms with Crippen molar-refractivity contribution in [3.8, 4) is 11.5 Å². The van der Waals surface area contributed by atoms with Crippen LogP contribution < -0.4 is 20.1 Å². The van der Waals surface area contributed by atoms with Crippen LogP contribution in [0.25, 0.3) is 0 Å². The summed E-state index contributed by atoms with van der Waals surface area (Å²) in [5, 5.41) is 6.66. The second-order valence-electron chi connectivity index (χ2n) is 10.9. The van der Waals surface area contributed by atoms with Crippen LogP contribution in [0.15, 0.2) is 42.7 Å². The number of methoxy groups -OCH3 is 1. The van der Waals surface area contributed by atoms with Gasteiger partial charge in [-0.05, 0) is 81.4 Å². The monoisotopic (exact) mass is 488 g/mol. The van der Waals surface area contributed by atoms with Crippen molar-refractivity contribution in [1.82, 2.24) is 19.9 Å². The minimum Gasteiger partial charge on any atom is -0.493 e. The molecule has 8 nitrogen and oxygen atoms in total. The van der Waals surface area contributed by atoms with Crippen LogP contribution in [0.4, 0.5) is 23.1 Å². The van der Waals surface area contributed by atoms with Gasteiger partial charge < -0.3 is 25.0 Å². The maximum atomic E-state index is 6.17. The standard InChI is InChI=1S/C28H36N6O2/c1-28(2)10-8-23-18(16-28)12-20(17-30-23)31-26-9-11-29-27(33-26)32-19-6-7-24(25(13-19)35-5)36-22-14-21(15-22)34(3)4/h6-7,9,11-13,17,21-22H,8,10,14-16H2,1-5H3,(H2,29,31,32,33). The number of aryl methyl sites for hydroxylation is 1. The second-order valence-corrected chi connectivity index (χ2v) is 10.9. The Bertz CT molecular complexity index is 1220. The van der Waals surface area contributed by atoms with Gasteiger partial charge in [-0.3, -0.25) is 4.98 Å². The fourth-order valence-electron chi connectivity index (χ4n) is 4.89. The Morgan fingerprint density at radius 2 is 1.83 bits per heavy atom. The molecule has 0 radical (unpaired) electrons. The van der Waals surface area contributed by atoms with Crippen molar-refractivity contribution in [2.24, 2.45) is 5.41 Å². The Kier molecular flexibility index (Phi) is 6.71. The fraction of sp³-hybridized carbons (Fsp3) is 0.464. The molecule has 1 fully saturated rings. The Balaban J connectivity index is 1.25. The van der Waals surface area contributed by atoms with Crippen molar-refractivity contribution in [2.75, 3.05) is 31.8 Å². The molecule has 0 saturated heterocycles. The molecule has 2 heterocycles. The van der Waals surface area contributed by atoms with Crippen LogP contribution in [0.2, 0.25) is 0 Å². The molecule has 8 heteroatoms. The summed E-state index contributed by atoms with van der Waals surface area (Å²) < 4.78 is 11.8. The number of fused-ring (bicyclic) bond motifs is 1. The highest BCUT2D eigenvalue weighted by atomic mass is 16.5. The molecule has 0 unspecified atom stereocenters. The summed E-state index contributed by atoms with van der Waals surface area (Å²) in [6, 6.07) is 10.4. The van der Waals surface area contributed by atoms with Gasteiger partial charge in [-0.1, -0.05) is 13.8 Å². The topological polar surface area (TPSA) is 84.4 Å². The predicted octanol–water partition coefficient (Wildman–Crippen LogP) is 5.35. The molecule has 5 rings (SSSR count). The fourth-order valence-corrected chi connectivity index (χ4v) is 4.89. The third kappa shape index (κ3) is 5.54. The van der Waals surface area contributed by atoms with Crippen molar-refractivity contribution < 1.29 is 9.47 Å². The molecule has 2 aromatic heterocycles. The van der Waals surface area contributed by atoms with E-state index in [1.165, 1.54) is 17.7 Å². The van der Waals surface area contributed by atoms with E-state index >= 15 is 0 Å². The minimum atomic E-state index is 0.223. The van der Waals surface area contributed by atoms with Gasteiger partial charge in [0, 0.05) is 29.7 Å². The zero-order chi connectivity index (χ0) is 25.3. The first-order chi connectivity index (χ1) is 17.3. The lowest BCUT2D eigenvalue weighted by molar-refractivity contribution is 0.0383. The molecule has 0 aliphatic heterocycles. The van der Waals surface area contributed by atoms with Gasteiger partial charge in [0.05, 0.1) is 19.0 Å². The number of nitrogens with zero attached hydrogens (tertiary/aromatic N) is 4. The number of hydrogen-bond acceptors (Lipinski definition) is 8. The number of hydrogen-bond donors (Lipinski definition) is 2. The van der Waals surface area contributed by atoms with Crippen molar-refractivity contribution in [2.45, 2.75) is 58.1 Å². The summed E-state index contributed by atoms with van der Waals surface area (Å²) in [5.74, 6) is 2.64. The van der Waals surface area contributed by atoms with Gasteiger partial charge in [-0.25, -0.2) is 4.98 Å². The quantitative estimate of drug-likeness (QED) is 0.439. The summed E-state index contributed by atoms with van der Waals surface area (Å²) in [5.41, 5.74) is 4.60. The van der Waals surface area contributed by atoms with Gasteiger partial charge in [0.15, 0.2) is 11.5 Å². The molecule has 190 valence electrons. The highest BCUT2D eigenvalue weighted by Gasteiger charge is 2.32. The summed E-state index contributed by atoms with van der Waals surface area (Å²) in [4.78, 5) is 16.0.